The zero-order valence-corrected chi connectivity index (χ0v) is 14.9. The highest BCUT2D eigenvalue weighted by Crippen LogP contribution is 2.21. The molecule has 5 heteroatoms. The van der Waals surface area contributed by atoms with Gasteiger partial charge in [0.2, 0.25) is 5.91 Å². The van der Waals surface area contributed by atoms with Crippen LogP contribution in [0.15, 0.2) is 72.8 Å². The molecule has 0 saturated carbocycles. The Morgan fingerprint density at radius 2 is 1.42 bits per heavy atom. The Morgan fingerprint density at radius 3 is 2.00 bits per heavy atom. The largest absolute Gasteiger partial charge is 0.366 e. The van der Waals surface area contributed by atoms with Gasteiger partial charge in [0.25, 0.3) is 0 Å². The third-order valence-electron chi connectivity index (χ3n) is 4.01. The molecule has 0 unspecified atom stereocenters. The van der Waals surface area contributed by atoms with Crippen molar-refractivity contribution in [3.63, 3.8) is 0 Å². The molecule has 3 aromatic carbocycles. The average molecular weight is 371 g/mol. The molecule has 1 amide bonds. The van der Waals surface area contributed by atoms with Crippen LogP contribution < -0.4 is 11.1 Å². The van der Waals surface area contributed by atoms with Crippen LogP contribution in [0.3, 0.4) is 0 Å². The van der Waals surface area contributed by atoms with Crippen molar-refractivity contribution in [3.8, 4) is 11.1 Å². The zero-order chi connectivity index (χ0) is 17.6. The van der Waals surface area contributed by atoms with E-state index >= 15 is 0 Å². The molecule has 0 fully saturated rings. The van der Waals surface area contributed by atoms with Crippen LogP contribution in [-0.4, -0.2) is 5.91 Å². The van der Waals surface area contributed by atoms with Crippen LogP contribution in [0.2, 0.25) is 0 Å². The van der Waals surface area contributed by atoms with Crippen molar-refractivity contribution >= 4 is 18.3 Å². The lowest BCUT2D eigenvalue weighted by Crippen LogP contribution is -2.12. The SMILES string of the molecule is Cl.NC(=O)c1cccc(-c2ccc(CNCc3ccc(F)cc3)cc2)c1. The number of amides is 1. The molecule has 0 radical (unpaired) electrons. The molecule has 134 valence electrons. The minimum atomic E-state index is -0.427. The summed E-state index contributed by atoms with van der Waals surface area (Å²) in [6.07, 6.45) is 0. The van der Waals surface area contributed by atoms with E-state index in [1.165, 1.54) is 12.1 Å². The molecule has 0 aliphatic carbocycles. The lowest BCUT2D eigenvalue weighted by atomic mass is 10.0. The predicted octanol–water partition coefficient (Wildman–Crippen LogP) is 4.30. The third kappa shape index (κ3) is 5.15. The first-order valence-electron chi connectivity index (χ1n) is 8.06. The van der Waals surface area contributed by atoms with E-state index in [0.717, 1.165) is 28.8 Å². The molecular weight excluding hydrogens is 351 g/mol. The number of halogens is 2. The van der Waals surface area contributed by atoms with Gasteiger partial charge in [-0.3, -0.25) is 4.79 Å². The molecular formula is C21H20ClFN2O. The fourth-order valence-corrected chi connectivity index (χ4v) is 2.62. The molecule has 0 spiro atoms. The fraction of sp³-hybridized carbons (Fsp3) is 0.0952. The first-order chi connectivity index (χ1) is 12.1. The van der Waals surface area contributed by atoms with Gasteiger partial charge in [0.15, 0.2) is 0 Å². The van der Waals surface area contributed by atoms with E-state index in [1.54, 1.807) is 24.3 Å². The normalized spacial score (nSPS) is 10.2. The molecule has 0 aliphatic rings. The van der Waals surface area contributed by atoms with Gasteiger partial charge < -0.3 is 11.1 Å². The van der Waals surface area contributed by atoms with Gasteiger partial charge in [0.1, 0.15) is 5.82 Å². The van der Waals surface area contributed by atoms with Crippen molar-refractivity contribution in [3.05, 3.63) is 95.3 Å². The Kier molecular flexibility index (Phi) is 6.89. The summed E-state index contributed by atoms with van der Waals surface area (Å²) in [7, 11) is 0. The standard InChI is InChI=1S/C21H19FN2O.ClH/c22-20-10-6-16(7-11-20)14-24-13-15-4-8-17(9-5-15)18-2-1-3-19(12-18)21(23)25;/h1-12,24H,13-14H2,(H2,23,25);1H. The maximum absolute atomic E-state index is 12.9. The van der Waals surface area contributed by atoms with E-state index in [9.17, 15) is 9.18 Å². The summed E-state index contributed by atoms with van der Waals surface area (Å²) >= 11 is 0. The number of nitrogens with one attached hydrogen (secondary N) is 1. The third-order valence-corrected chi connectivity index (χ3v) is 4.01. The van der Waals surface area contributed by atoms with Crippen molar-refractivity contribution in [2.45, 2.75) is 13.1 Å². The summed E-state index contributed by atoms with van der Waals surface area (Å²) < 4.78 is 12.9. The summed E-state index contributed by atoms with van der Waals surface area (Å²) in [4.78, 5) is 11.3. The van der Waals surface area contributed by atoms with Crippen molar-refractivity contribution in [1.29, 1.82) is 0 Å². The van der Waals surface area contributed by atoms with Crippen LogP contribution in [0.25, 0.3) is 11.1 Å². The van der Waals surface area contributed by atoms with Crippen LogP contribution in [0, 0.1) is 5.82 Å². The summed E-state index contributed by atoms with van der Waals surface area (Å²) in [5.74, 6) is -0.650. The fourth-order valence-electron chi connectivity index (χ4n) is 2.62. The van der Waals surface area contributed by atoms with Gasteiger partial charge >= 0.3 is 0 Å². The number of nitrogens with two attached hydrogens (primary N) is 1. The van der Waals surface area contributed by atoms with Crippen LogP contribution in [0.5, 0.6) is 0 Å². The van der Waals surface area contributed by atoms with Crippen molar-refractivity contribution in [2.24, 2.45) is 5.73 Å². The average Bonchev–Trinajstić information content (AvgIpc) is 2.64. The van der Waals surface area contributed by atoms with E-state index < -0.39 is 5.91 Å². The molecule has 3 nitrogen and oxygen atoms in total. The smallest absolute Gasteiger partial charge is 0.248 e. The number of carbonyl (C=O) groups is 1. The molecule has 3 N–H and O–H groups in total. The maximum atomic E-state index is 12.9. The van der Waals surface area contributed by atoms with Crippen LogP contribution in [-0.2, 0) is 13.1 Å². The summed E-state index contributed by atoms with van der Waals surface area (Å²) in [6, 6.07) is 21.9. The molecule has 0 aliphatic heterocycles. The molecule has 0 aromatic heterocycles. The Balaban J connectivity index is 0.00000243. The highest BCUT2D eigenvalue weighted by Gasteiger charge is 2.03. The zero-order valence-electron chi connectivity index (χ0n) is 14.1. The topological polar surface area (TPSA) is 55.1 Å². The first kappa shape index (κ1) is 19.6. The molecule has 3 rings (SSSR count). The van der Waals surface area contributed by atoms with E-state index in [-0.39, 0.29) is 18.2 Å². The van der Waals surface area contributed by atoms with Gasteiger partial charge in [-0.05, 0) is 46.5 Å². The lowest BCUT2D eigenvalue weighted by molar-refractivity contribution is 0.100. The van der Waals surface area contributed by atoms with Gasteiger partial charge in [-0.2, -0.15) is 0 Å². The van der Waals surface area contributed by atoms with Crippen LogP contribution in [0.1, 0.15) is 21.5 Å². The van der Waals surface area contributed by atoms with Gasteiger partial charge in [0, 0.05) is 18.7 Å². The van der Waals surface area contributed by atoms with Crippen LogP contribution in [0.4, 0.5) is 4.39 Å². The predicted molar refractivity (Wildman–Crippen MR) is 105 cm³/mol. The monoisotopic (exact) mass is 370 g/mol. The molecule has 0 heterocycles. The van der Waals surface area contributed by atoms with Crippen LogP contribution >= 0.6 is 12.4 Å². The summed E-state index contributed by atoms with van der Waals surface area (Å²) in [5, 5.41) is 3.34. The number of carbonyl (C=O) groups excluding carboxylic acids is 1. The van der Waals surface area contributed by atoms with Crippen molar-refractivity contribution in [2.75, 3.05) is 0 Å². The minimum Gasteiger partial charge on any atom is -0.366 e. The highest BCUT2D eigenvalue weighted by atomic mass is 35.5. The second kappa shape index (κ2) is 9.13. The second-order valence-corrected chi connectivity index (χ2v) is 5.87. The van der Waals surface area contributed by atoms with E-state index in [2.05, 4.69) is 5.32 Å². The Hall–Kier alpha value is -2.69. The quantitative estimate of drug-likeness (QED) is 0.679. The van der Waals surface area contributed by atoms with E-state index in [1.807, 2.05) is 36.4 Å². The van der Waals surface area contributed by atoms with E-state index in [4.69, 9.17) is 5.73 Å². The Labute approximate surface area is 158 Å². The number of hydrogen-bond acceptors (Lipinski definition) is 2. The maximum Gasteiger partial charge on any atom is 0.248 e. The molecule has 3 aromatic rings. The number of benzene rings is 3. The highest BCUT2D eigenvalue weighted by molar-refractivity contribution is 5.94. The minimum absolute atomic E-state index is 0. The molecule has 0 atom stereocenters. The first-order valence-corrected chi connectivity index (χ1v) is 8.06. The van der Waals surface area contributed by atoms with E-state index in [0.29, 0.717) is 12.1 Å². The summed E-state index contributed by atoms with van der Waals surface area (Å²) in [6.45, 7) is 1.40. The van der Waals surface area contributed by atoms with Gasteiger partial charge in [0.05, 0.1) is 0 Å². The Morgan fingerprint density at radius 1 is 0.846 bits per heavy atom. The van der Waals surface area contributed by atoms with Gasteiger partial charge in [-0.15, -0.1) is 12.4 Å². The number of primary amides is 1. The molecule has 0 saturated heterocycles. The second-order valence-electron chi connectivity index (χ2n) is 5.87. The van der Waals surface area contributed by atoms with Gasteiger partial charge in [-0.1, -0.05) is 48.5 Å². The lowest BCUT2D eigenvalue weighted by Gasteiger charge is -2.07. The Bertz CT molecular complexity index is 864. The number of rotatable bonds is 6. The van der Waals surface area contributed by atoms with Gasteiger partial charge in [-0.25, -0.2) is 4.39 Å². The molecule has 26 heavy (non-hydrogen) atoms. The van der Waals surface area contributed by atoms with Crippen molar-refractivity contribution < 1.29 is 9.18 Å². The summed E-state index contributed by atoms with van der Waals surface area (Å²) in [5.41, 5.74) is 10.0. The van der Waals surface area contributed by atoms with Crippen molar-refractivity contribution in [1.82, 2.24) is 5.32 Å². The number of hydrogen-bond donors (Lipinski definition) is 2. The molecule has 0 bridgehead atoms.